The maximum atomic E-state index is 12.8. The van der Waals surface area contributed by atoms with Crippen molar-refractivity contribution in [1.29, 1.82) is 0 Å². The fourth-order valence-corrected chi connectivity index (χ4v) is 3.73. The van der Waals surface area contributed by atoms with Crippen LogP contribution in [0.5, 0.6) is 0 Å². The molecule has 0 radical (unpaired) electrons. The Hall–Kier alpha value is -2.45. The minimum atomic E-state index is 0.0222. The van der Waals surface area contributed by atoms with Crippen LogP contribution in [0.2, 0.25) is 0 Å². The highest BCUT2D eigenvalue weighted by molar-refractivity contribution is 5.75. The number of fused-ring (bicyclic) bond motifs is 1. The van der Waals surface area contributed by atoms with Gasteiger partial charge in [0, 0.05) is 39.1 Å². The number of benzene rings is 1. The van der Waals surface area contributed by atoms with E-state index in [1.807, 2.05) is 33.4 Å². The lowest BCUT2D eigenvalue weighted by Crippen LogP contribution is -2.44. The van der Waals surface area contributed by atoms with Crippen molar-refractivity contribution in [2.75, 3.05) is 26.7 Å². The summed E-state index contributed by atoms with van der Waals surface area (Å²) in [7, 11) is 2.07. The molecule has 1 saturated heterocycles. The second-order valence-electron chi connectivity index (χ2n) is 7.07. The normalized spacial score (nSPS) is 18.4. The lowest BCUT2D eigenvalue weighted by atomic mass is 10.2. The first-order chi connectivity index (χ1) is 13.2. The zero-order valence-electron chi connectivity index (χ0n) is 15.9. The van der Waals surface area contributed by atoms with Gasteiger partial charge in [-0.05, 0) is 25.6 Å². The van der Waals surface area contributed by atoms with Crippen molar-refractivity contribution >= 4 is 11.0 Å². The summed E-state index contributed by atoms with van der Waals surface area (Å²) in [4.78, 5) is 19.6. The SMILES string of the molecule is CCCn1c(=O)n(CCc2nc(C3CNCCN3C)no2)c2ccccc21. The molecule has 3 heterocycles. The van der Waals surface area contributed by atoms with Crippen LogP contribution in [0.15, 0.2) is 33.6 Å². The van der Waals surface area contributed by atoms with Crippen molar-refractivity contribution in [2.45, 2.75) is 38.9 Å². The number of piperazine rings is 1. The van der Waals surface area contributed by atoms with Gasteiger partial charge in [-0.3, -0.25) is 14.0 Å². The maximum absolute atomic E-state index is 12.8. The van der Waals surface area contributed by atoms with E-state index >= 15 is 0 Å². The number of nitrogens with one attached hydrogen (secondary N) is 1. The molecule has 1 aliphatic heterocycles. The van der Waals surface area contributed by atoms with Crippen molar-refractivity contribution in [1.82, 2.24) is 29.5 Å². The standard InChI is InChI=1S/C19H26N6O2/c1-3-10-24-14-6-4-5-7-15(14)25(19(24)26)11-8-17-21-18(22-27-17)16-13-20-9-12-23(16)2/h4-7,16,20H,3,8-13H2,1-2H3. The summed E-state index contributed by atoms with van der Waals surface area (Å²) >= 11 is 0. The van der Waals surface area contributed by atoms with Crippen LogP contribution >= 0.6 is 0 Å². The van der Waals surface area contributed by atoms with Gasteiger partial charge in [-0.1, -0.05) is 24.2 Å². The molecule has 0 saturated carbocycles. The molecule has 0 aliphatic carbocycles. The van der Waals surface area contributed by atoms with Crippen molar-refractivity contribution in [3.63, 3.8) is 0 Å². The van der Waals surface area contributed by atoms with Crippen LogP contribution < -0.4 is 11.0 Å². The van der Waals surface area contributed by atoms with Crippen LogP contribution in [0.1, 0.15) is 31.1 Å². The van der Waals surface area contributed by atoms with Gasteiger partial charge in [0.05, 0.1) is 17.1 Å². The van der Waals surface area contributed by atoms with Crippen LogP contribution in [0.4, 0.5) is 0 Å². The van der Waals surface area contributed by atoms with Crippen LogP contribution in [0.3, 0.4) is 0 Å². The first-order valence-corrected chi connectivity index (χ1v) is 9.60. The minimum Gasteiger partial charge on any atom is -0.339 e. The van der Waals surface area contributed by atoms with Crippen LogP contribution in [0, 0.1) is 0 Å². The predicted molar refractivity (Wildman–Crippen MR) is 103 cm³/mol. The van der Waals surface area contributed by atoms with Gasteiger partial charge in [-0.15, -0.1) is 0 Å². The zero-order chi connectivity index (χ0) is 18.8. The monoisotopic (exact) mass is 370 g/mol. The number of aryl methyl sites for hydroxylation is 3. The zero-order valence-corrected chi connectivity index (χ0v) is 15.9. The van der Waals surface area contributed by atoms with E-state index in [1.165, 1.54) is 0 Å². The highest BCUT2D eigenvalue weighted by Crippen LogP contribution is 2.18. The third kappa shape index (κ3) is 3.42. The molecular weight excluding hydrogens is 344 g/mol. The molecule has 1 fully saturated rings. The summed E-state index contributed by atoms with van der Waals surface area (Å²) in [6.45, 7) is 6.08. The number of nitrogens with zero attached hydrogens (tertiary/aromatic N) is 5. The predicted octanol–water partition coefficient (Wildman–Crippen LogP) is 1.41. The molecule has 0 bridgehead atoms. The molecule has 1 atom stereocenters. The van der Waals surface area contributed by atoms with Gasteiger partial charge < -0.3 is 9.84 Å². The Labute approximate surface area is 157 Å². The highest BCUT2D eigenvalue weighted by Gasteiger charge is 2.25. The van der Waals surface area contributed by atoms with E-state index in [4.69, 9.17) is 4.52 Å². The second kappa shape index (κ2) is 7.66. The molecule has 2 aromatic heterocycles. The van der Waals surface area contributed by atoms with Crippen LogP contribution in [-0.2, 0) is 19.5 Å². The largest absolute Gasteiger partial charge is 0.339 e. The Morgan fingerprint density at radius 1 is 1.22 bits per heavy atom. The Kier molecular flexibility index (Phi) is 5.09. The summed E-state index contributed by atoms with van der Waals surface area (Å²) in [6, 6.07) is 8.05. The van der Waals surface area contributed by atoms with Crippen molar-refractivity contribution in [3.8, 4) is 0 Å². The van der Waals surface area contributed by atoms with E-state index < -0.39 is 0 Å². The third-order valence-electron chi connectivity index (χ3n) is 5.21. The fraction of sp³-hybridized carbons (Fsp3) is 0.526. The van der Waals surface area contributed by atoms with Gasteiger partial charge in [-0.2, -0.15) is 4.98 Å². The molecule has 1 N–H and O–H groups in total. The highest BCUT2D eigenvalue weighted by atomic mass is 16.5. The third-order valence-corrected chi connectivity index (χ3v) is 5.21. The average Bonchev–Trinajstić information content (AvgIpc) is 3.25. The topological polar surface area (TPSA) is 81.1 Å². The first kappa shape index (κ1) is 17.9. The van der Waals surface area contributed by atoms with Crippen molar-refractivity contribution < 1.29 is 4.52 Å². The minimum absolute atomic E-state index is 0.0222. The summed E-state index contributed by atoms with van der Waals surface area (Å²) in [5.41, 5.74) is 1.95. The van der Waals surface area contributed by atoms with E-state index in [-0.39, 0.29) is 11.7 Å². The van der Waals surface area contributed by atoms with E-state index in [0.29, 0.717) is 24.7 Å². The molecule has 8 heteroatoms. The second-order valence-corrected chi connectivity index (χ2v) is 7.07. The molecule has 1 aromatic carbocycles. The number of aromatic nitrogens is 4. The molecule has 1 aliphatic rings. The van der Waals surface area contributed by atoms with Gasteiger partial charge in [0.1, 0.15) is 0 Å². The van der Waals surface area contributed by atoms with Crippen molar-refractivity contribution in [3.05, 3.63) is 46.5 Å². The van der Waals surface area contributed by atoms with E-state index in [1.54, 1.807) is 0 Å². The van der Waals surface area contributed by atoms with Crippen LogP contribution in [0.25, 0.3) is 11.0 Å². The average molecular weight is 370 g/mol. The van der Waals surface area contributed by atoms with Gasteiger partial charge in [0.25, 0.3) is 0 Å². The number of para-hydroxylation sites is 2. The van der Waals surface area contributed by atoms with Gasteiger partial charge in [-0.25, -0.2) is 4.79 Å². The fourth-order valence-electron chi connectivity index (χ4n) is 3.73. The Balaban J connectivity index is 1.54. The molecule has 1 unspecified atom stereocenters. The summed E-state index contributed by atoms with van der Waals surface area (Å²) in [5, 5.41) is 7.52. The van der Waals surface area contributed by atoms with Crippen LogP contribution in [-0.4, -0.2) is 50.9 Å². The molecule has 3 aromatic rings. The summed E-state index contributed by atoms with van der Waals surface area (Å²) in [6.07, 6.45) is 1.46. The molecule has 144 valence electrons. The number of hydrogen-bond donors (Lipinski definition) is 1. The van der Waals surface area contributed by atoms with E-state index in [2.05, 4.69) is 34.3 Å². The number of rotatable bonds is 6. The van der Waals surface area contributed by atoms with Gasteiger partial charge in [0.2, 0.25) is 5.89 Å². The smallest absolute Gasteiger partial charge is 0.329 e. The number of imidazole rings is 1. The molecule has 0 spiro atoms. The number of hydrogen-bond acceptors (Lipinski definition) is 6. The lowest BCUT2D eigenvalue weighted by molar-refractivity contribution is 0.190. The quantitative estimate of drug-likeness (QED) is 0.707. The Morgan fingerprint density at radius 3 is 2.67 bits per heavy atom. The number of likely N-dealkylation sites (N-methyl/N-ethyl adjacent to an activating group) is 1. The maximum Gasteiger partial charge on any atom is 0.329 e. The summed E-state index contributed by atoms with van der Waals surface area (Å²) < 4.78 is 9.11. The molecular formula is C19H26N6O2. The van der Waals surface area contributed by atoms with Gasteiger partial charge in [0.15, 0.2) is 5.82 Å². The molecule has 27 heavy (non-hydrogen) atoms. The van der Waals surface area contributed by atoms with Crippen molar-refractivity contribution in [2.24, 2.45) is 0 Å². The Bertz CT molecular complexity index is 972. The van der Waals surface area contributed by atoms with Gasteiger partial charge >= 0.3 is 5.69 Å². The summed E-state index contributed by atoms with van der Waals surface area (Å²) in [5.74, 6) is 1.28. The molecule has 4 rings (SSSR count). The lowest BCUT2D eigenvalue weighted by Gasteiger charge is -2.30. The molecule has 0 amide bonds. The Morgan fingerprint density at radius 2 is 1.96 bits per heavy atom. The first-order valence-electron chi connectivity index (χ1n) is 9.60. The van der Waals surface area contributed by atoms with E-state index in [0.717, 1.165) is 43.6 Å². The van der Waals surface area contributed by atoms with E-state index in [9.17, 15) is 4.79 Å². The molecule has 8 nitrogen and oxygen atoms in total.